The molecule has 2 heterocycles. The molecule has 5 heteroatoms. The second-order valence-corrected chi connectivity index (χ2v) is 4.57. The number of aromatic nitrogens is 4. The number of rotatable bonds is 3. The molecule has 0 aliphatic heterocycles. The summed E-state index contributed by atoms with van der Waals surface area (Å²) in [6.45, 7) is 6.15. The van der Waals surface area contributed by atoms with Crippen LogP contribution in [0.2, 0.25) is 0 Å². The highest BCUT2D eigenvalue weighted by Crippen LogP contribution is 2.25. The van der Waals surface area contributed by atoms with E-state index in [1.807, 2.05) is 13.0 Å². The second-order valence-electron chi connectivity index (χ2n) is 4.01. The van der Waals surface area contributed by atoms with Crippen molar-refractivity contribution >= 4 is 17.4 Å². The van der Waals surface area contributed by atoms with Gasteiger partial charge in [-0.05, 0) is 19.4 Å². The minimum absolute atomic E-state index is 0.106. The van der Waals surface area contributed by atoms with Gasteiger partial charge in [0.05, 0.1) is 5.69 Å². The van der Waals surface area contributed by atoms with Crippen LogP contribution in [-0.4, -0.2) is 25.0 Å². The molecule has 0 aromatic carbocycles. The van der Waals surface area contributed by atoms with Gasteiger partial charge in [-0.25, -0.2) is 9.50 Å². The van der Waals surface area contributed by atoms with Gasteiger partial charge < -0.3 is 0 Å². The summed E-state index contributed by atoms with van der Waals surface area (Å²) < 4.78 is 1.77. The lowest BCUT2D eigenvalue weighted by Crippen LogP contribution is -2.14. The van der Waals surface area contributed by atoms with E-state index in [2.05, 4.69) is 28.9 Å². The summed E-state index contributed by atoms with van der Waals surface area (Å²) >= 11 is 6.29. The molecule has 0 aliphatic rings. The minimum Gasteiger partial charge on any atom is -0.216 e. The summed E-state index contributed by atoms with van der Waals surface area (Å²) in [4.78, 5) is 8.42. The Morgan fingerprint density at radius 1 is 1.50 bits per heavy atom. The number of alkyl halides is 1. The largest absolute Gasteiger partial charge is 0.252 e. The van der Waals surface area contributed by atoms with E-state index in [-0.39, 0.29) is 11.3 Å². The number of fused-ring (bicyclic) bond motifs is 1. The monoisotopic (exact) mass is 238 g/mol. The quantitative estimate of drug-likeness (QED) is 0.772. The lowest BCUT2D eigenvalue weighted by atomic mass is 10.0. The predicted molar refractivity (Wildman–Crippen MR) is 63.9 cm³/mol. The van der Waals surface area contributed by atoms with Crippen LogP contribution in [0.5, 0.6) is 0 Å². The van der Waals surface area contributed by atoms with E-state index in [0.717, 1.165) is 17.8 Å². The molecular weight excluding hydrogens is 224 g/mol. The molecule has 2 atom stereocenters. The molecule has 2 rings (SSSR count). The van der Waals surface area contributed by atoms with Crippen LogP contribution in [0.3, 0.4) is 0 Å². The molecule has 0 bridgehead atoms. The lowest BCUT2D eigenvalue weighted by molar-refractivity contribution is 0.631. The van der Waals surface area contributed by atoms with Crippen molar-refractivity contribution in [1.29, 1.82) is 0 Å². The van der Waals surface area contributed by atoms with Gasteiger partial charge in [-0.3, -0.25) is 0 Å². The van der Waals surface area contributed by atoms with E-state index in [1.165, 1.54) is 6.33 Å². The fraction of sp³-hybridized carbons (Fsp3) is 0.545. The van der Waals surface area contributed by atoms with Crippen LogP contribution in [0.4, 0.5) is 0 Å². The standard InChI is InChI=1S/C11H15ClN4/c1-4-9(12)8(3)10-5-7(2)15-11-13-6-14-16(10)11/h5-6,8-9H,4H2,1-3H3. The van der Waals surface area contributed by atoms with Crippen molar-refractivity contribution in [2.45, 2.75) is 38.5 Å². The van der Waals surface area contributed by atoms with Crippen LogP contribution in [0.15, 0.2) is 12.4 Å². The van der Waals surface area contributed by atoms with E-state index >= 15 is 0 Å². The highest BCUT2D eigenvalue weighted by atomic mass is 35.5. The highest BCUT2D eigenvalue weighted by molar-refractivity contribution is 6.21. The third-order valence-corrected chi connectivity index (χ3v) is 3.49. The molecule has 2 unspecified atom stereocenters. The van der Waals surface area contributed by atoms with Crippen LogP contribution in [0, 0.1) is 6.92 Å². The fourth-order valence-corrected chi connectivity index (χ4v) is 1.95. The first-order valence-electron chi connectivity index (χ1n) is 5.44. The topological polar surface area (TPSA) is 43.1 Å². The first-order valence-corrected chi connectivity index (χ1v) is 5.88. The zero-order valence-electron chi connectivity index (χ0n) is 9.68. The van der Waals surface area contributed by atoms with Gasteiger partial charge in [0.25, 0.3) is 5.78 Å². The molecular formula is C11H15ClN4. The highest BCUT2D eigenvalue weighted by Gasteiger charge is 2.19. The van der Waals surface area contributed by atoms with Gasteiger partial charge in [-0.15, -0.1) is 11.6 Å². The second kappa shape index (κ2) is 4.37. The third-order valence-electron chi connectivity index (χ3n) is 2.81. The summed E-state index contributed by atoms with van der Waals surface area (Å²) in [6, 6.07) is 2.03. The first kappa shape index (κ1) is 11.3. The number of hydrogen-bond acceptors (Lipinski definition) is 3. The number of aryl methyl sites for hydroxylation is 1. The zero-order chi connectivity index (χ0) is 11.7. The molecule has 4 nitrogen and oxygen atoms in total. The molecule has 0 saturated carbocycles. The summed E-state index contributed by atoms with van der Waals surface area (Å²) in [5.74, 6) is 0.874. The van der Waals surface area contributed by atoms with E-state index < -0.39 is 0 Å². The molecule has 0 fully saturated rings. The summed E-state index contributed by atoms with van der Waals surface area (Å²) in [7, 11) is 0. The first-order chi connectivity index (χ1) is 7.63. The Bertz CT molecular complexity index is 494. The van der Waals surface area contributed by atoms with Crippen LogP contribution in [-0.2, 0) is 0 Å². The minimum atomic E-state index is 0.106. The Morgan fingerprint density at radius 2 is 2.25 bits per heavy atom. The van der Waals surface area contributed by atoms with Gasteiger partial charge >= 0.3 is 0 Å². The average Bonchev–Trinajstić information content (AvgIpc) is 2.73. The molecule has 0 aliphatic carbocycles. The Morgan fingerprint density at radius 3 is 2.94 bits per heavy atom. The van der Waals surface area contributed by atoms with Gasteiger partial charge in [0.2, 0.25) is 0 Å². The average molecular weight is 239 g/mol. The Labute approximate surface area is 99.7 Å². The maximum Gasteiger partial charge on any atom is 0.252 e. The Hall–Kier alpha value is -1.16. The maximum atomic E-state index is 6.29. The third kappa shape index (κ3) is 1.89. The molecule has 2 aromatic heterocycles. The van der Waals surface area contributed by atoms with Crippen molar-refractivity contribution < 1.29 is 0 Å². The SMILES string of the molecule is CCC(Cl)C(C)c1cc(C)nc2ncnn12. The van der Waals surface area contributed by atoms with E-state index in [0.29, 0.717) is 5.78 Å². The van der Waals surface area contributed by atoms with Crippen LogP contribution >= 0.6 is 11.6 Å². The molecule has 0 radical (unpaired) electrons. The normalized spacial score (nSPS) is 15.2. The van der Waals surface area contributed by atoms with Crippen LogP contribution < -0.4 is 0 Å². The van der Waals surface area contributed by atoms with Gasteiger partial charge in [-0.2, -0.15) is 10.1 Å². The van der Waals surface area contributed by atoms with Gasteiger partial charge in [0, 0.05) is 17.0 Å². The van der Waals surface area contributed by atoms with Gasteiger partial charge in [-0.1, -0.05) is 13.8 Å². The van der Waals surface area contributed by atoms with Crippen molar-refractivity contribution in [3.8, 4) is 0 Å². The molecule has 16 heavy (non-hydrogen) atoms. The lowest BCUT2D eigenvalue weighted by Gasteiger charge is -2.17. The number of nitrogens with zero attached hydrogens (tertiary/aromatic N) is 4. The molecule has 0 amide bonds. The van der Waals surface area contributed by atoms with Crippen LogP contribution in [0.25, 0.3) is 5.78 Å². The van der Waals surface area contributed by atoms with Gasteiger partial charge in [0.15, 0.2) is 0 Å². The zero-order valence-corrected chi connectivity index (χ0v) is 10.4. The summed E-state index contributed by atoms with van der Waals surface area (Å²) in [5.41, 5.74) is 2.02. The fourth-order valence-electron chi connectivity index (χ4n) is 1.82. The molecule has 0 spiro atoms. The van der Waals surface area contributed by atoms with E-state index in [9.17, 15) is 0 Å². The van der Waals surface area contributed by atoms with Crippen molar-refractivity contribution in [1.82, 2.24) is 19.6 Å². The predicted octanol–water partition coefficient (Wildman–Crippen LogP) is 2.55. The molecule has 0 saturated heterocycles. The Kier molecular flexibility index (Phi) is 3.10. The van der Waals surface area contributed by atoms with Crippen molar-refractivity contribution in [2.75, 3.05) is 0 Å². The number of halogens is 1. The smallest absolute Gasteiger partial charge is 0.216 e. The van der Waals surface area contributed by atoms with Crippen molar-refractivity contribution in [2.24, 2.45) is 0 Å². The van der Waals surface area contributed by atoms with E-state index in [4.69, 9.17) is 11.6 Å². The number of hydrogen-bond donors (Lipinski definition) is 0. The molecule has 2 aromatic rings. The van der Waals surface area contributed by atoms with Crippen molar-refractivity contribution in [3.05, 3.63) is 23.8 Å². The summed E-state index contributed by atoms with van der Waals surface area (Å²) in [6.07, 6.45) is 2.45. The Balaban J connectivity index is 2.53. The molecule has 0 N–H and O–H groups in total. The van der Waals surface area contributed by atoms with Gasteiger partial charge in [0.1, 0.15) is 6.33 Å². The maximum absolute atomic E-state index is 6.29. The summed E-state index contributed by atoms with van der Waals surface area (Å²) in [5, 5.41) is 4.29. The van der Waals surface area contributed by atoms with E-state index in [1.54, 1.807) is 4.52 Å². The van der Waals surface area contributed by atoms with Crippen LogP contribution in [0.1, 0.15) is 37.6 Å². The molecule has 86 valence electrons. The van der Waals surface area contributed by atoms with Crippen molar-refractivity contribution in [3.63, 3.8) is 0 Å².